The number of halogens is 1. The first-order valence-electron chi connectivity index (χ1n) is 9.17. The van der Waals surface area contributed by atoms with Gasteiger partial charge in [0.2, 0.25) is 10.0 Å². The molecule has 1 saturated heterocycles. The van der Waals surface area contributed by atoms with Gasteiger partial charge in [0.15, 0.2) is 0 Å². The van der Waals surface area contributed by atoms with Crippen molar-refractivity contribution in [2.45, 2.75) is 30.0 Å². The average molecular weight is 486 g/mol. The van der Waals surface area contributed by atoms with Crippen LogP contribution in [-0.2, 0) is 10.0 Å². The van der Waals surface area contributed by atoms with E-state index in [9.17, 15) is 8.42 Å². The van der Waals surface area contributed by atoms with E-state index in [0.717, 1.165) is 28.6 Å². The van der Waals surface area contributed by atoms with Gasteiger partial charge in [0.1, 0.15) is 11.5 Å². The van der Waals surface area contributed by atoms with Crippen molar-refractivity contribution in [1.82, 2.24) is 4.31 Å². The Bertz CT molecular complexity index is 903. The molecule has 0 aromatic heterocycles. The summed E-state index contributed by atoms with van der Waals surface area (Å²) in [4.78, 5) is 0.275. The maximum Gasteiger partial charge on any atom is 0.244 e. The Kier molecular flexibility index (Phi) is 7.31. The molecule has 3 rings (SSSR count). The number of hydrogen-bond donors (Lipinski definition) is 0. The minimum Gasteiger partial charge on any atom is -0.496 e. The summed E-state index contributed by atoms with van der Waals surface area (Å²) < 4.78 is 40.1. The van der Waals surface area contributed by atoms with Gasteiger partial charge >= 0.3 is 0 Å². The van der Waals surface area contributed by atoms with Crippen molar-refractivity contribution in [3.63, 3.8) is 0 Å². The number of methoxy groups -OCH3 is 1. The number of rotatable bonds is 8. The van der Waals surface area contributed by atoms with Crippen LogP contribution in [0.25, 0.3) is 0 Å². The van der Waals surface area contributed by atoms with E-state index < -0.39 is 10.0 Å². The fourth-order valence-electron chi connectivity index (χ4n) is 3.02. The molecule has 5 nitrogen and oxygen atoms in total. The van der Waals surface area contributed by atoms with Crippen LogP contribution in [0.15, 0.2) is 51.8 Å². The maximum absolute atomic E-state index is 13.3. The topological polar surface area (TPSA) is 55.8 Å². The Morgan fingerprint density at radius 3 is 2.64 bits per heavy atom. The standard InChI is InChI=1S/C20H24BrNO4S2/c1-3-4-12-26-16-6-8-17(9-7-16)28(23,24)22-11-13-27-20(22)18-14-15(21)5-10-19(18)25-2/h5-10,14,20H,3-4,11-13H2,1-2H3. The van der Waals surface area contributed by atoms with Crippen molar-refractivity contribution in [2.75, 3.05) is 26.0 Å². The molecule has 1 atom stereocenters. The van der Waals surface area contributed by atoms with Gasteiger partial charge < -0.3 is 9.47 Å². The van der Waals surface area contributed by atoms with Crippen LogP contribution in [0.4, 0.5) is 0 Å². The number of sulfonamides is 1. The average Bonchev–Trinajstić information content (AvgIpc) is 3.19. The first kappa shape index (κ1) is 21.5. The number of nitrogens with zero attached hydrogens (tertiary/aromatic N) is 1. The summed E-state index contributed by atoms with van der Waals surface area (Å²) in [5.41, 5.74) is 0.850. The van der Waals surface area contributed by atoms with Gasteiger partial charge in [0.05, 0.1) is 24.0 Å². The monoisotopic (exact) mass is 485 g/mol. The van der Waals surface area contributed by atoms with Crippen LogP contribution in [0.2, 0.25) is 0 Å². The van der Waals surface area contributed by atoms with Gasteiger partial charge in [-0.05, 0) is 48.9 Å². The Balaban J connectivity index is 1.86. The Morgan fingerprint density at radius 1 is 1.21 bits per heavy atom. The summed E-state index contributed by atoms with van der Waals surface area (Å²) in [6, 6.07) is 12.4. The van der Waals surface area contributed by atoms with E-state index in [1.165, 1.54) is 0 Å². The largest absolute Gasteiger partial charge is 0.496 e. The molecule has 2 aromatic rings. The number of thioether (sulfide) groups is 1. The SMILES string of the molecule is CCCCOc1ccc(S(=O)(=O)N2CCSC2c2cc(Br)ccc2OC)cc1. The summed E-state index contributed by atoms with van der Waals surface area (Å²) in [7, 11) is -2.03. The normalized spacial score (nSPS) is 17.6. The molecule has 28 heavy (non-hydrogen) atoms. The van der Waals surface area contributed by atoms with Gasteiger partial charge in [-0.1, -0.05) is 29.3 Å². The minimum absolute atomic E-state index is 0.275. The summed E-state index contributed by atoms with van der Waals surface area (Å²) >= 11 is 5.08. The van der Waals surface area contributed by atoms with Crippen molar-refractivity contribution in [3.8, 4) is 11.5 Å². The Morgan fingerprint density at radius 2 is 1.96 bits per heavy atom. The van der Waals surface area contributed by atoms with Crippen molar-refractivity contribution in [2.24, 2.45) is 0 Å². The molecule has 1 aliphatic rings. The van der Waals surface area contributed by atoms with E-state index in [0.29, 0.717) is 24.7 Å². The van der Waals surface area contributed by atoms with Gasteiger partial charge in [-0.2, -0.15) is 4.31 Å². The zero-order valence-corrected chi connectivity index (χ0v) is 19.1. The second-order valence-corrected chi connectivity index (χ2v) is 10.4. The zero-order valence-electron chi connectivity index (χ0n) is 15.9. The molecular formula is C20H24BrNO4S2. The van der Waals surface area contributed by atoms with Crippen molar-refractivity contribution >= 4 is 37.7 Å². The van der Waals surface area contributed by atoms with Crippen LogP contribution in [-0.4, -0.2) is 38.7 Å². The molecule has 1 unspecified atom stereocenters. The third-order valence-corrected chi connectivity index (χ3v) is 8.25. The molecule has 0 spiro atoms. The lowest BCUT2D eigenvalue weighted by atomic mass is 10.2. The molecule has 0 bridgehead atoms. The molecule has 0 N–H and O–H groups in total. The summed E-state index contributed by atoms with van der Waals surface area (Å²) in [5.74, 6) is 2.11. The lowest BCUT2D eigenvalue weighted by Gasteiger charge is -2.25. The van der Waals surface area contributed by atoms with E-state index in [2.05, 4.69) is 22.9 Å². The molecule has 1 aliphatic heterocycles. The fraction of sp³-hybridized carbons (Fsp3) is 0.400. The van der Waals surface area contributed by atoms with Gasteiger partial charge in [0.25, 0.3) is 0 Å². The quantitative estimate of drug-likeness (QED) is 0.488. The molecule has 8 heteroatoms. The van der Waals surface area contributed by atoms with Gasteiger partial charge in [-0.25, -0.2) is 8.42 Å². The molecule has 152 valence electrons. The molecular weight excluding hydrogens is 462 g/mol. The Labute approximate surface area is 179 Å². The van der Waals surface area contributed by atoms with Crippen LogP contribution in [0.1, 0.15) is 30.7 Å². The van der Waals surface area contributed by atoms with E-state index in [1.54, 1.807) is 47.4 Å². The third-order valence-electron chi connectivity index (χ3n) is 4.50. The van der Waals surface area contributed by atoms with Crippen molar-refractivity contribution in [1.29, 1.82) is 0 Å². The van der Waals surface area contributed by atoms with Gasteiger partial charge in [0, 0.05) is 22.3 Å². The summed E-state index contributed by atoms with van der Waals surface area (Å²) in [6.45, 7) is 3.20. The minimum atomic E-state index is -3.63. The van der Waals surface area contributed by atoms with Crippen molar-refractivity contribution in [3.05, 3.63) is 52.5 Å². The maximum atomic E-state index is 13.3. The highest BCUT2D eigenvalue weighted by Gasteiger charge is 2.38. The molecule has 2 aromatic carbocycles. The van der Waals surface area contributed by atoms with Gasteiger partial charge in [-0.3, -0.25) is 0 Å². The summed E-state index contributed by atoms with van der Waals surface area (Å²) in [5, 5.41) is -0.321. The lowest BCUT2D eigenvalue weighted by Crippen LogP contribution is -2.30. The zero-order chi connectivity index (χ0) is 20.1. The van der Waals surface area contributed by atoms with Crippen LogP contribution in [0.3, 0.4) is 0 Å². The highest BCUT2D eigenvalue weighted by atomic mass is 79.9. The number of hydrogen-bond acceptors (Lipinski definition) is 5. The molecule has 0 radical (unpaired) electrons. The predicted molar refractivity (Wildman–Crippen MR) is 117 cm³/mol. The molecule has 0 amide bonds. The first-order chi connectivity index (χ1) is 13.5. The van der Waals surface area contributed by atoms with E-state index in [1.807, 2.05) is 18.2 Å². The molecule has 1 heterocycles. The highest BCUT2D eigenvalue weighted by Crippen LogP contribution is 2.45. The predicted octanol–water partition coefficient (Wildman–Crippen LogP) is 5.07. The van der Waals surface area contributed by atoms with Crippen LogP contribution in [0, 0.1) is 0 Å². The summed E-state index contributed by atoms with van der Waals surface area (Å²) in [6.07, 6.45) is 2.03. The van der Waals surface area contributed by atoms with Crippen LogP contribution < -0.4 is 9.47 Å². The van der Waals surface area contributed by atoms with E-state index >= 15 is 0 Å². The van der Waals surface area contributed by atoms with Crippen molar-refractivity contribution < 1.29 is 17.9 Å². The first-order valence-corrected chi connectivity index (χ1v) is 12.4. The van der Waals surface area contributed by atoms with Gasteiger partial charge in [-0.15, -0.1) is 11.8 Å². The lowest BCUT2D eigenvalue weighted by molar-refractivity contribution is 0.309. The number of unbranched alkanes of at least 4 members (excludes halogenated alkanes) is 1. The third kappa shape index (κ3) is 4.67. The van der Waals surface area contributed by atoms with E-state index in [-0.39, 0.29) is 10.3 Å². The molecule has 0 saturated carbocycles. The second-order valence-electron chi connectivity index (χ2n) is 6.40. The molecule has 1 fully saturated rings. The fourth-order valence-corrected chi connectivity index (χ4v) is 6.65. The smallest absolute Gasteiger partial charge is 0.244 e. The van der Waals surface area contributed by atoms with E-state index in [4.69, 9.17) is 9.47 Å². The van der Waals surface area contributed by atoms with Crippen LogP contribution >= 0.6 is 27.7 Å². The number of ether oxygens (including phenoxy) is 2. The number of benzene rings is 2. The second kappa shape index (κ2) is 9.52. The molecule has 0 aliphatic carbocycles. The highest BCUT2D eigenvalue weighted by molar-refractivity contribution is 9.10. The van der Waals surface area contributed by atoms with Crippen LogP contribution in [0.5, 0.6) is 11.5 Å². The Hall–Kier alpha value is -1.22.